The van der Waals surface area contributed by atoms with Gasteiger partial charge in [0.05, 0.1) is 6.61 Å². The van der Waals surface area contributed by atoms with Crippen molar-refractivity contribution in [3.8, 4) is 0 Å². The van der Waals surface area contributed by atoms with Gasteiger partial charge in [-0.2, -0.15) is 11.3 Å². The smallest absolute Gasteiger partial charge is 0.423 e. The molecule has 1 aromatic rings. The van der Waals surface area contributed by atoms with Gasteiger partial charge >= 0.3 is 7.12 Å². The van der Waals surface area contributed by atoms with Crippen LogP contribution in [0.25, 0.3) is 0 Å². The van der Waals surface area contributed by atoms with E-state index in [9.17, 15) is 0 Å². The normalized spacial score (nSPS) is 10.1. The standard InChI is InChI=1S/C6H9BO3S/c1-10-3-5-2-6(7(8)9)11-4-5/h2,4,8-9H,3H2,1H3. The van der Waals surface area contributed by atoms with Crippen molar-refractivity contribution in [2.45, 2.75) is 6.61 Å². The molecular formula is C6H9BO3S. The molecule has 1 heterocycles. The third kappa shape index (κ3) is 2.30. The van der Waals surface area contributed by atoms with Crippen LogP contribution in [0.4, 0.5) is 0 Å². The molecule has 0 saturated heterocycles. The van der Waals surface area contributed by atoms with Gasteiger partial charge in [-0.3, -0.25) is 0 Å². The van der Waals surface area contributed by atoms with Gasteiger partial charge in [-0.25, -0.2) is 0 Å². The Morgan fingerprint density at radius 3 is 2.82 bits per heavy atom. The lowest BCUT2D eigenvalue weighted by atomic mass is 9.89. The highest BCUT2D eigenvalue weighted by Crippen LogP contribution is 2.05. The molecule has 0 aliphatic heterocycles. The molecule has 0 amide bonds. The molecule has 0 bridgehead atoms. The molecule has 0 fully saturated rings. The summed E-state index contributed by atoms with van der Waals surface area (Å²) in [6, 6.07) is 1.72. The van der Waals surface area contributed by atoms with Crippen LogP contribution in [0.15, 0.2) is 11.4 Å². The van der Waals surface area contributed by atoms with Crippen LogP contribution in [-0.2, 0) is 11.3 Å². The Bertz CT molecular complexity index is 223. The Labute approximate surface area is 69.4 Å². The summed E-state index contributed by atoms with van der Waals surface area (Å²) in [6.45, 7) is 0.517. The Hall–Kier alpha value is -0.355. The van der Waals surface area contributed by atoms with Crippen LogP contribution < -0.4 is 4.78 Å². The minimum atomic E-state index is -1.36. The summed E-state index contributed by atoms with van der Waals surface area (Å²) in [5.74, 6) is 0. The summed E-state index contributed by atoms with van der Waals surface area (Å²) in [4.78, 5) is 0. The highest BCUT2D eigenvalue weighted by atomic mass is 32.1. The minimum absolute atomic E-state index is 0.517. The number of rotatable bonds is 3. The number of hydrogen-bond acceptors (Lipinski definition) is 4. The van der Waals surface area contributed by atoms with E-state index in [-0.39, 0.29) is 0 Å². The quantitative estimate of drug-likeness (QED) is 0.608. The average Bonchev–Trinajstić information content (AvgIpc) is 2.37. The van der Waals surface area contributed by atoms with Crippen LogP contribution in [0.1, 0.15) is 5.56 Å². The van der Waals surface area contributed by atoms with Crippen LogP contribution in [0.2, 0.25) is 0 Å². The van der Waals surface area contributed by atoms with Crippen LogP contribution in [-0.4, -0.2) is 24.3 Å². The van der Waals surface area contributed by atoms with Crippen molar-refractivity contribution in [3.05, 3.63) is 17.0 Å². The van der Waals surface area contributed by atoms with Crippen molar-refractivity contribution in [3.63, 3.8) is 0 Å². The molecule has 11 heavy (non-hydrogen) atoms. The van der Waals surface area contributed by atoms with E-state index in [1.54, 1.807) is 13.2 Å². The van der Waals surface area contributed by atoms with Crippen LogP contribution in [0, 0.1) is 0 Å². The van der Waals surface area contributed by atoms with Crippen molar-refractivity contribution in [2.24, 2.45) is 0 Å². The van der Waals surface area contributed by atoms with Gasteiger partial charge in [-0.1, -0.05) is 0 Å². The molecule has 0 saturated carbocycles. The molecule has 1 aromatic heterocycles. The molecule has 0 aliphatic carbocycles. The van der Waals surface area contributed by atoms with Gasteiger partial charge in [0.15, 0.2) is 0 Å². The van der Waals surface area contributed by atoms with E-state index in [4.69, 9.17) is 14.8 Å². The predicted octanol–water partition coefficient (Wildman–Crippen LogP) is -0.426. The fourth-order valence-corrected chi connectivity index (χ4v) is 1.54. The maximum absolute atomic E-state index is 8.73. The summed E-state index contributed by atoms with van der Waals surface area (Å²) >= 11 is 1.32. The highest BCUT2D eigenvalue weighted by molar-refractivity contribution is 7.20. The number of hydrogen-bond donors (Lipinski definition) is 2. The molecule has 5 heteroatoms. The first-order chi connectivity index (χ1) is 5.24. The van der Waals surface area contributed by atoms with Crippen molar-refractivity contribution in [2.75, 3.05) is 7.11 Å². The molecule has 0 radical (unpaired) electrons. The average molecular weight is 172 g/mol. The van der Waals surface area contributed by atoms with Gasteiger partial charge in [0.2, 0.25) is 0 Å². The first-order valence-corrected chi connectivity index (χ1v) is 4.04. The van der Waals surface area contributed by atoms with E-state index in [1.165, 1.54) is 11.3 Å². The monoisotopic (exact) mass is 172 g/mol. The first-order valence-electron chi connectivity index (χ1n) is 3.16. The minimum Gasteiger partial charge on any atom is -0.423 e. The third-order valence-corrected chi connectivity index (χ3v) is 2.26. The Morgan fingerprint density at radius 2 is 2.36 bits per heavy atom. The topological polar surface area (TPSA) is 49.7 Å². The molecule has 0 aromatic carbocycles. The first kappa shape index (κ1) is 8.74. The predicted molar refractivity (Wildman–Crippen MR) is 44.9 cm³/mol. The third-order valence-electron chi connectivity index (χ3n) is 1.24. The second-order valence-corrected chi connectivity index (χ2v) is 3.11. The van der Waals surface area contributed by atoms with E-state index >= 15 is 0 Å². The van der Waals surface area contributed by atoms with E-state index < -0.39 is 7.12 Å². The van der Waals surface area contributed by atoms with E-state index in [2.05, 4.69) is 0 Å². The SMILES string of the molecule is COCc1csc(B(O)O)c1. The molecule has 0 unspecified atom stereocenters. The Balaban J connectivity index is 2.66. The maximum Gasteiger partial charge on any atom is 0.499 e. The highest BCUT2D eigenvalue weighted by Gasteiger charge is 2.12. The van der Waals surface area contributed by atoms with Gasteiger partial charge in [-0.05, 0) is 17.0 Å². The van der Waals surface area contributed by atoms with Gasteiger partial charge in [0.25, 0.3) is 0 Å². The lowest BCUT2D eigenvalue weighted by Crippen LogP contribution is -2.26. The van der Waals surface area contributed by atoms with Crippen molar-refractivity contribution in [1.29, 1.82) is 0 Å². The van der Waals surface area contributed by atoms with Gasteiger partial charge < -0.3 is 14.8 Å². The zero-order valence-electron chi connectivity index (χ0n) is 6.15. The van der Waals surface area contributed by atoms with Gasteiger partial charge in [0, 0.05) is 11.9 Å². The fraction of sp³-hybridized carbons (Fsp3) is 0.333. The number of methoxy groups -OCH3 is 1. The van der Waals surface area contributed by atoms with Gasteiger partial charge in [-0.15, -0.1) is 0 Å². The molecule has 0 spiro atoms. The number of ether oxygens (including phenoxy) is 1. The van der Waals surface area contributed by atoms with E-state index in [0.717, 1.165) is 5.56 Å². The summed E-state index contributed by atoms with van der Waals surface area (Å²) in [5, 5.41) is 19.3. The van der Waals surface area contributed by atoms with Crippen molar-refractivity contribution < 1.29 is 14.8 Å². The fourth-order valence-electron chi connectivity index (χ4n) is 0.772. The summed E-state index contributed by atoms with van der Waals surface area (Å²) in [6.07, 6.45) is 0. The van der Waals surface area contributed by atoms with Crippen LogP contribution in [0.3, 0.4) is 0 Å². The molecule has 3 nitrogen and oxygen atoms in total. The van der Waals surface area contributed by atoms with Gasteiger partial charge in [0.1, 0.15) is 0 Å². The summed E-state index contributed by atoms with van der Waals surface area (Å²) < 4.78 is 5.42. The second-order valence-electron chi connectivity index (χ2n) is 2.16. The van der Waals surface area contributed by atoms with E-state index in [0.29, 0.717) is 11.4 Å². The molecular weight excluding hydrogens is 163 g/mol. The molecule has 0 atom stereocenters. The molecule has 2 N–H and O–H groups in total. The zero-order chi connectivity index (χ0) is 8.27. The van der Waals surface area contributed by atoms with Crippen LogP contribution >= 0.6 is 11.3 Å². The van der Waals surface area contributed by atoms with E-state index in [1.807, 2.05) is 5.38 Å². The zero-order valence-corrected chi connectivity index (χ0v) is 6.97. The lowest BCUT2D eigenvalue weighted by Gasteiger charge is -1.92. The molecule has 1 rings (SSSR count). The number of thiophene rings is 1. The van der Waals surface area contributed by atoms with Crippen LogP contribution in [0.5, 0.6) is 0 Å². The Morgan fingerprint density at radius 1 is 1.64 bits per heavy atom. The Kier molecular flexibility index (Phi) is 3.08. The molecule has 60 valence electrons. The second kappa shape index (κ2) is 3.87. The maximum atomic E-state index is 8.73. The summed E-state index contributed by atoms with van der Waals surface area (Å²) in [7, 11) is 0.248. The molecule has 0 aliphatic rings. The van der Waals surface area contributed by atoms with Crippen molar-refractivity contribution in [1.82, 2.24) is 0 Å². The largest absolute Gasteiger partial charge is 0.499 e. The lowest BCUT2D eigenvalue weighted by molar-refractivity contribution is 0.185. The summed E-state index contributed by atoms with van der Waals surface area (Å²) in [5.41, 5.74) is 0.973. The van der Waals surface area contributed by atoms with Crippen molar-refractivity contribution >= 4 is 23.2 Å².